The molecule has 0 radical (unpaired) electrons. The number of nitrogens with two attached hydrogens (primary N) is 1. The molecule has 5 nitrogen and oxygen atoms in total. The van der Waals surface area contributed by atoms with Crippen LogP contribution in [0.3, 0.4) is 0 Å². The van der Waals surface area contributed by atoms with Gasteiger partial charge in [0.15, 0.2) is 5.96 Å². The minimum Gasteiger partial charge on any atom is -0.376 e. The highest BCUT2D eigenvalue weighted by Crippen LogP contribution is 2.26. The van der Waals surface area contributed by atoms with Gasteiger partial charge in [-0.1, -0.05) is 0 Å². The Morgan fingerprint density at radius 3 is 3.00 bits per heavy atom. The molecule has 2 aliphatic rings. The summed E-state index contributed by atoms with van der Waals surface area (Å²) in [4.78, 5) is 10.6. The molecule has 3 rings (SSSR count). The molecule has 0 bridgehead atoms. The Balaban J connectivity index is 0.00000176. The van der Waals surface area contributed by atoms with Crippen molar-refractivity contribution in [3.63, 3.8) is 0 Å². The first-order valence-electron chi connectivity index (χ1n) is 7.94. The highest BCUT2D eigenvalue weighted by Gasteiger charge is 2.15. The van der Waals surface area contributed by atoms with Crippen molar-refractivity contribution in [2.45, 2.75) is 51.0 Å². The Morgan fingerprint density at radius 2 is 2.23 bits per heavy atom. The number of halogens is 1. The van der Waals surface area contributed by atoms with Crippen molar-refractivity contribution < 1.29 is 4.74 Å². The van der Waals surface area contributed by atoms with Gasteiger partial charge in [-0.05, 0) is 38.5 Å². The first kappa shape index (κ1) is 17.9. The number of nitrogens with zero attached hydrogens (tertiary/aromatic N) is 2. The summed E-state index contributed by atoms with van der Waals surface area (Å²) in [7, 11) is 0. The zero-order valence-corrected chi connectivity index (χ0v) is 16.0. The Hall–Kier alpha value is -0.410. The molecular formula is C15H25IN4OS. The standard InChI is InChI=1S/C15H24N4OS.HI/c16-15(18-10-11-4-3-9-20-11)17-8-7-14-19-12-5-1-2-6-13(12)21-14;/h11H,1-10H2,(H3,16,17,18);1H. The average molecular weight is 436 g/mol. The highest BCUT2D eigenvalue weighted by atomic mass is 127. The lowest BCUT2D eigenvalue weighted by molar-refractivity contribution is 0.118. The molecular weight excluding hydrogens is 411 g/mol. The van der Waals surface area contributed by atoms with Crippen LogP contribution in [-0.4, -0.2) is 36.7 Å². The summed E-state index contributed by atoms with van der Waals surface area (Å²) >= 11 is 1.87. The minimum atomic E-state index is 0. The maximum Gasteiger partial charge on any atom is 0.188 e. The fourth-order valence-corrected chi connectivity index (χ4v) is 4.01. The predicted molar refractivity (Wildman–Crippen MR) is 101 cm³/mol. The molecule has 1 aromatic rings. The van der Waals surface area contributed by atoms with Crippen LogP contribution in [0.2, 0.25) is 0 Å². The minimum absolute atomic E-state index is 0. The normalized spacial score (nSPS) is 21.3. The fourth-order valence-electron chi connectivity index (χ4n) is 2.85. The number of hydrogen-bond acceptors (Lipinski definition) is 4. The third-order valence-electron chi connectivity index (χ3n) is 4.02. The van der Waals surface area contributed by atoms with Crippen LogP contribution in [0.1, 0.15) is 41.3 Å². The van der Waals surface area contributed by atoms with E-state index in [1.54, 1.807) is 0 Å². The number of guanidine groups is 1. The summed E-state index contributed by atoms with van der Waals surface area (Å²) in [5.74, 6) is 0.520. The van der Waals surface area contributed by atoms with Gasteiger partial charge in [-0.15, -0.1) is 35.3 Å². The molecule has 1 fully saturated rings. The number of aliphatic imine (C=N–C) groups is 1. The number of nitrogens with one attached hydrogen (secondary N) is 1. The van der Waals surface area contributed by atoms with Gasteiger partial charge >= 0.3 is 0 Å². The van der Waals surface area contributed by atoms with Crippen molar-refractivity contribution in [2.24, 2.45) is 10.7 Å². The Labute approximate surface area is 153 Å². The maximum absolute atomic E-state index is 5.88. The van der Waals surface area contributed by atoms with E-state index >= 15 is 0 Å². The second-order valence-corrected chi connectivity index (χ2v) is 6.89. The highest BCUT2D eigenvalue weighted by molar-refractivity contribution is 14.0. The van der Waals surface area contributed by atoms with Crippen LogP contribution in [-0.2, 0) is 24.0 Å². The molecule has 0 aromatic carbocycles. The van der Waals surface area contributed by atoms with E-state index < -0.39 is 0 Å². The van der Waals surface area contributed by atoms with Gasteiger partial charge in [-0.25, -0.2) is 4.98 Å². The summed E-state index contributed by atoms with van der Waals surface area (Å²) in [6.07, 6.45) is 8.40. The number of fused-ring (bicyclic) bond motifs is 1. The summed E-state index contributed by atoms with van der Waals surface area (Å²) in [5, 5.41) is 4.40. The van der Waals surface area contributed by atoms with Gasteiger partial charge in [0.25, 0.3) is 0 Å². The van der Waals surface area contributed by atoms with E-state index in [-0.39, 0.29) is 30.1 Å². The first-order valence-corrected chi connectivity index (χ1v) is 8.76. The molecule has 1 aliphatic carbocycles. The lowest BCUT2D eigenvalue weighted by atomic mass is 10.0. The smallest absolute Gasteiger partial charge is 0.188 e. The molecule has 2 heterocycles. The first-order chi connectivity index (χ1) is 10.3. The third-order valence-corrected chi connectivity index (χ3v) is 5.24. The van der Waals surface area contributed by atoms with Crippen LogP contribution >= 0.6 is 35.3 Å². The molecule has 7 heteroatoms. The van der Waals surface area contributed by atoms with E-state index in [4.69, 9.17) is 15.5 Å². The van der Waals surface area contributed by atoms with E-state index in [1.165, 1.54) is 34.8 Å². The maximum atomic E-state index is 5.88. The van der Waals surface area contributed by atoms with Crippen LogP contribution in [0.4, 0.5) is 0 Å². The Morgan fingerprint density at radius 1 is 1.36 bits per heavy atom. The molecule has 1 saturated heterocycles. The lowest BCUT2D eigenvalue weighted by Gasteiger charge is -2.07. The zero-order valence-electron chi connectivity index (χ0n) is 12.8. The zero-order chi connectivity index (χ0) is 14.5. The van der Waals surface area contributed by atoms with Crippen LogP contribution in [0.25, 0.3) is 0 Å². The largest absolute Gasteiger partial charge is 0.376 e. The van der Waals surface area contributed by atoms with Crippen molar-refractivity contribution in [2.75, 3.05) is 19.7 Å². The summed E-state index contributed by atoms with van der Waals surface area (Å²) in [5.41, 5.74) is 7.21. The summed E-state index contributed by atoms with van der Waals surface area (Å²) < 4.78 is 5.52. The number of thiazole rings is 1. The van der Waals surface area contributed by atoms with E-state index in [2.05, 4.69) is 10.3 Å². The van der Waals surface area contributed by atoms with Crippen molar-refractivity contribution in [1.29, 1.82) is 0 Å². The summed E-state index contributed by atoms with van der Waals surface area (Å²) in [6, 6.07) is 0. The van der Waals surface area contributed by atoms with Crippen molar-refractivity contribution in [3.05, 3.63) is 15.6 Å². The molecule has 0 amide bonds. The molecule has 1 aromatic heterocycles. The number of aryl methyl sites for hydroxylation is 2. The Bertz CT molecular complexity index is 476. The van der Waals surface area contributed by atoms with Crippen LogP contribution in [0.15, 0.2) is 4.99 Å². The number of rotatable bonds is 5. The second-order valence-electron chi connectivity index (χ2n) is 5.72. The molecule has 0 saturated carbocycles. The predicted octanol–water partition coefficient (Wildman–Crippen LogP) is 2.27. The number of aromatic nitrogens is 1. The second kappa shape index (κ2) is 9.02. The van der Waals surface area contributed by atoms with E-state index in [0.717, 1.165) is 38.8 Å². The Kier molecular flexibility index (Phi) is 7.36. The molecule has 1 unspecified atom stereocenters. The van der Waals surface area contributed by atoms with Crippen LogP contribution < -0.4 is 11.1 Å². The fraction of sp³-hybridized carbons (Fsp3) is 0.733. The van der Waals surface area contributed by atoms with Gasteiger partial charge in [-0.3, -0.25) is 4.99 Å². The van der Waals surface area contributed by atoms with Gasteiger partial charge in [0.2, 0.25) is 0 Å². The van der Waals surface area contributed by atoms with Gasteiger partial charge in [-0.2, -0.15) is 0 Å². The SMILES string of the molecule is I.NC(=NCC1CCCO1)NCCc1nc2c(s1)CCCC2. The van der Waals surface area contributed by atoms with E-state index in [1.807, 2.05) is 11.3 Å². The van der Waals surface area contributed by atoms with E-state index in [0.29, 0.717) is 12.5 Å². The van der Waals surface area contributed by atoms with Gasteiger partial charge in [0.05, 0.1) is 23.4 Å². The molecule has 0 spiro atoms. The van der Waals surface area contributed by atoms with E-state index in [9.17, 15) is 0 Å². The van der Waals surface area contributed by atoms with Crippen LogP contribution in [0, 0.1) is 0 Å². The lowest BCUT2D eigenvalue weighted by Crippen LogP contribution is -2.34. The van der Waals surface area contributed by atoms with Gasteiger partial charge < -0.3 is 15.8 Å². The average Bonchev–Trinajstić information content (AvgIpc) is 3.14. The van der Waals surface area contributed by atoms with Crippen molar-refractivity contribution >= 4 is 41.3 Å². The third kappa shape index (κ3) is 5.06. The molecule has 1 atom stereocenters. The molecule has 1 aliphatic heterocycles. The van der Waals surface area contributed by atoms with Crippen LogP contribution in [0.5, 0.6) is 0 Å². The topological polar surface area (TPSA) is 72.5 Å². The van der Waals surface area contributed by atoms with Crippen molar-refractivity contribution in [3.8, 4) is 0 Å². The molecule has 124 valence electrons. The van der Waals surface area contributed by atoms with Gasteiger partial charge in [0.1, 0.15) is 0 Å². The molecule has 3 N–H and O–H groups in total. The summed E-state index contributed by atoms with van der Waals surface area (Å²) in [6.45, 7) is 2.33. The molecule has 22 heavy (non-hydrogen) atoms. The quantitative estimate of drug-likeness (QED) is 0.422. The number of hydrogen-bond donors (Lipinski definition) is 2. The van der Waals surface area contributed by atoms with Gasteiger partial charge in [0, 0.05) is 24.4 Å². The number of ether oxygens (including phenoxy) is 1. The van der Waals surface area contributed by atoms with Crippen molar-refractivity contribution in [1.82, 2.24) is 10.3 Å². The monoisotopic (exact) mass is 436 g/mol.